The fourth-order valence-electron chi connectivity index (χ4n) is 1.71. The molecule has 0 aliphatic heterocycles. The number of rotatable bonds is 4. The summed E-state index contributed by atoms with van der Waals surface area (Å²) >= 11 is 1.76. The van der Waals surface area contributed by atoms with Crippen LogP contribution in [0.2, 0.25) is 0 Å². The van der Waals surface area contributed by atoms with Crippen LogP contribution >= 0.6 is 11.8 Å². The number of pyridine rings is 1. The van der Waals surface area contributed by atoms with Crippen molar-refractivity contribution in [2.75, 3.05) is 11.6 Å². The van der Waals surface area contributed by atoms with Crippen molar-refractivity contribution in [3.8, 4) is 0 Å². The van der Waals surface area contributed by atoms with Crippen LogP contribution in [-0.4, -0.2) is 17.1 Å². The molecular weight excluding hydrogens is 256 g/mol. The van der Waals surface area contributed by atoms with Crippen LogP contribution in [0.4, 0.5) is 5.82 Å². The average Bonchev–Trinajstić information content (AvgIpc) is 2.40. The summed E-state index contributed by atoms with van der Waals surface area (Å²) in [5.74, 6) is 1.41. The molecule has 0 atom stereocenters. The smallest absolute Gasteiger partial charge is 0.256 e. The van der Waals surface area contributed by atoms with E-state index in [0.717, 1.165) is 11.3 Å². The minimum atomic E-state index is -0.131. The first-order valence-corrected chi connectivity index (χ1v) is 7.40. The molecule has 1 aromatic carbocycles. The van der Waals surface area contributed by atoms with Crippen molar-refractivity contribution in [2.24, 2.45) is 0 Å². The van der Waals surface area contributed by atoms with Crippen molar-refractivity contribution < 1.29 is 4.79 Å². The molecule has 0 fully saturated rings. The second-order valence-electron chi connectivity index (χ2n) is 4.30. The van der Waals surface area contributed by atoms with Crippen LogP contribution < -0.4 is 5.32 Å². The number of nitrogens with zero attached hydrogens (tertiary/aromatic N) is 1. The van der Waals surface area contributed by atoms with Gasteiger partial charge in [-0.3, -0.25) is 4.79 Å². The van der Waals surface area contributed by atoms with E-state index in [1.54, 1.807) is 18.0 Å². The first-order valence-electron chi connectivity index (χ1n) is 6.01. The lowest BCUT2D eigenvalue weighted by atomic mass is 10.1. The lowest BCUT2D eigenvalue weighted by molar-refractivity contribution is 0.102. The van der Waals surface area contributed by atoms with Gasteiger partial charge in [-0.25, -0.2) is 4.98 Å². The molecule has 1 N–H and O–H groups in total. The fourth-order valence-corrected chi connectivity index (χ4v) is 2.24. The van der Waals surface area contributed by atoms with Crippen LogP contribution in [0.25, 0.3) is 0 Å². The van der Waals surface area contributed by atoms with Gasteiger partial charge in [-0.15, -0.1) is 0 Å². The summed E-state index contributed by atoms with van der Waals surface area (Å²) in [5, 5.41) is 2.80. The van der Waals surface area contributed by atoms with Gasteiger partial charge in [0.25, 0.3) is 5.91 Å². The average molecular weight is 272 g/mol. The van der Waals surface area contributed by atoms with E-state index in [4.69, 9.17) is 0 Å². The van der Waals surface area contributed by atoms with E-state index < -0.39 is 0 Å². The van der Waals surface area contributed by atoms with Gasteiger partial charge in [0.15, 0.2) is 0 Å². The second-order valence-corrected chi connectivity index (χ2v) is 5.17. The predicted octanol–water partition coefficient (Wildman–Crippen LogP) is 3.51. The number of amides is 1. The van der Waals surface area contributed by atoms with Gasteiger partial charge in [-0.2, -0.15) is 11.8 Å². The van der Waals surface area contributed by atoms with Gasteiger partial charge in [0.1, 0.15) is 5.82 Å². The zero-order chi connectivity index (χ0) is 13.7. The molecule has 1 amide bonds. The van der Waals surface area contributed by atoms with Gasteiger partial charge < -0.3 is 5.32 Å². The summed E-state index contributed by atoms with van der Waals surface area (Å²) in [7, 11) is 0. The number of nitrogens with one attached hydrogen (secondary N) is 1. The highest BCUT2D eigenvalue weighted by atomic mass is 32.2. The van der Waals surface area contributed by atoms with Gasteiger partial charge in [-0.05, 0) is 48.6 Å². The quantitative estimate of drug-likeness (QED) is 0.926. The summed E-state index contributed by atoms with van der Waals surface area (Å²) in [4.78, 5) is 16.2. The molecule has 4 heteroatoms. The molecule has 0 saturated heterocycles. The number of carbonyl (C=O) groups is 1. The van der Waals surface area contributed by atoms with Crippen LogP contribution in [0, 0.1) is 6.92 Å². The molecule has 3 nitrogen and oxygen atoms in total. The Labute approximate surface area is 117 Å². The highest BCUT2D eigenvalue weighted by Crippen LogP contribution is 2.12. The maximum absolute atomic E-state index is 12.0. The molecule has 0 aliphatic rings. The highest BCUT2D eigenvalue weighted by molar-refractivity contribution is 7.97. The predicted molar refractivity (Wildman–Crippen MR) is 80.6 cm³/mol. The number of aromatic nitrogens is 1. The number of hydrogen-bond donors (Lipinski definition) is 1. The van der Waals surface area contributed by atoms with Crippen LogP contribution in [0.1, 0.15) is 21.5 Å². The van der Waals surface area contributed by atoms with Gasteiger partial charge in [0.2, 0.25) is 0 Å². The number of thioether (sulfide) groups is 1. The second kappa shape index (κ2) is 6.38. The Morgan fingerprint density at radius 1 is 1.26 bits per heavy atom. The minimum absolute atomic E-state index is 0.131. The topological polar surface area (TPSA) is 42.0 Å². The van der Waals surface area contributed by atoms with Crippen molar-refractivity contribution in [3.63, 3.8) is 0 Å². The zero-order valence-corrected chi connectivity index (χ0v) is 11.8. The van der Waals surface area contributed by atoms with Gasteiger partial charge >= 0.3 is 0 Å². The molecule has 1 heterocycles. The van der Waals surface area contributed by atoms with Crippen LogP contribution in [0.3, 0.4) is 0 Å². The van der Waals surface area contributed by atoms with E-state index in [0.29, 0.717) is 11.4 Å². The molecule has 0 spiro atoms. The Balaban J connectivity index is 2.07. The van der Waals surface area contributed by atoms with Gasteiger partial charge in [0.05, 0.1) is 0 Å². The van der Waals surface area contributed by atoms with E-state index in [1.807, 2.05) is 43.3 Å². The third-order valence-electron chi connectivity index (χ3n) is 2.68. The van der Waals surface area contributed by atoms with Crippen molar-refractivity contribution >= 4 is 23.5 Å². The Bertz CT molecular complexity index is 567. The monoisotopic (exact) mass is 272 g/mol. The van der Waals surface area contributed by atoms with E-state index >= 15 is 0 Å². The number of hydrogen-bond acceptors (Lipinski definition) is 3. The normalized spacial score (nSPS) is 10.2. The molecule has 98 valence electrons. The third-order valence-corrected chi connectivity index (χ3v) is 3.31. The van der Waals surface area contributed by atoms with Crippen molar-refractivity contribution in [2.45, 2.75) is 12.7 Å². The van der Waals surface area contributed by atoms with Crippen molar-refractivity contribution in [1.82, 2.24) is 4.98 Å². The van der Waals surface area contributed by atoms with Gasteiger partial charge in [0, 0.05) is 17.5 Å². The molecule has 0 saturated carbocycles. The largest absolute Gasteiger partial charge is 0.307 e. The third kappa shape index (κ3) is 3.83. The summed E-state index contributed by atoms with van der Waals surface area (Å²) in [6.07, 6.45) is 3.75. The maximum Gasteiger partial charge on any atom is 0.256 e. The van der Waals surface area contributed by atoms with Crippen molar-refractivity contribution in [3.05, 3.63) is 59.3 Å². The van der Waals surface area contributed by atoms with Crippen LogP contribution in [-0.2, 0) is 5.75 Å². The summed E-state index contributed by atoms with van der Waals surface area (Å²) in [5.41, 5.74) is 2.94. The molecule has 2 rings (SSSR count). The summed E-state index contributed by atoms with van der Waals surface area (Å²) in [6, 6.07) is 11.4. The molecule has 0 unspecified atom stereocenters. The Morgan fingerprint density at radius 2 is 2.00 bits per heavy atom. The molecule has 19 heavy (non-hydrogen) atoms. The lowest BCUT2D eigenvalue weighted by Crippen LogP contribution is -2.12. The Kier molecular flexibility index (Phi) is 4.58. The van der Waals surface area contributed by atoms with E-state index in [-0.39, 0.29) is 5.91 Å². The first kappa shape index (κ1) is 13.6. The molecule has 0 aliphatic carbocycles. The standard InChI is InChI=1S/C15H16N2OS/c1-11-7-8-16-14(9-11)17-15(18)13-5-3-12(4-6-13)10-19-2/h3-9H,10H2,1-2H3,(H,16,17,18). The SMILES string of the molecule is CSCc1ccc(C(=O)Nc2cc(C)ccn2)cc1. The van der Waals surface area contributed by atoms with E-state index in [2.05, 4.69) is 16.6 Å². The van der Waals surface area contributed by atoms with Crippen LogP contribution in [0.15, 0.2) is 42.6 Å². The summed E-state index contributed by atoms with van der Waals surface area (Å²) < 4.78 is 0. The summed E-state index contributed by atoms with van der Waals surface area (Å²) in [6.45, 7) is 1.97. The first-order chi connectivity index (χ1) is 9.19. The lowest BCUT2D eigenvalue weighted by Gasteiger charge is -2.06. The highest BCUT2D eigenvalue weighted by Gasteiger charge is 2.06. The van der Waals surface area contributed by atoms with E-state index in [9.17, 15) is 4.79 Å². The van der Waals surface area contributed by atoms with Crippen LogP contribution in [0.5, 0.6) is 0 Å². The molecule has 2 aromatic rings. The fraction of sp³-hybridized carbons (Fsp3) is 0.200. The maximum atomic E-state index is 12.0. The van der Waals surface area contributed by atoms with Gasteiger partial charge in [-0.1, -0.05) is 12.1 Å². The van der Waals surface area contributed by atoms with Crippen molar-refractivity contribution in [1.29, 1.82) is 0 Å². The molecule has 0 radical (unpaired) electrons. The Morgan fingerprint density at radius 3 is 2.63 bits per heavy atom. The minimum Gasteiger partial charge on any atom is -0.307 e. The number of anilines is 1. The Hall–Kier alpha value is -1.81. The molecular formula is C15H16N2OS. The number of carbonyl (C=O) groups excluding carboxylic acids is 1. The number of benzene rings is 1. The number of aryl methyl sites for hydroxylation is 1. The molecule has 1 aromatic heterocycles. The van der Waals surface area contributed by atoms with E-state index in [1.165, 1.54) is 5.56 Å². The zero-order valence-electron chi connectivity index (χ0n) is 11.0. The molecule has 0 bridgehead atoms.